The van der Waals surface area contributed by atoms with E-state index in [1.807, 2.05) is 60.0 Å². The van der Waals surface area contributed by atoms with Gasteiger partial charge in [-0.3, -0.25) is 0 Å². The average molecular weight is 453 g/mol. The summed E-state index contributed by atoms with van der Waals surface area (Å²) in [5.41, 5.74) is 5.65. The van der Waals surface area contributed by atoms with Crippen molar-refractivity contribution in [3.8, 4) is 28.8 Å². The minimum Gasteiger partial charge on any atom is -0.493 e. The highest BCUT2D eigenvalue weighted by Crippen LogP contribution is 2.32. The highest BCUT2D eigenvalue weighted by molar-refractivity contribution is 7.11. The van der Waals surface area contributed by atoms with Gasteiger partial charge >= 0.3 is 0 Å². The number of nitriles is 1. The number of aryl methyl sites for hydroxylation is 1. The number of nitrogens with zero attached hydrogens (tertiary/aromatic N) is 2. The van der Waals surface area contributed by atoms with Gasteiger partial charge in [-0.05, 0) is 41.3 Å². The summed E-state index contributed by atoms with van der Waals surface area (Å²) in [4.78, 5) is 4.70. The molecule has 33 heavy (non-hydrogen) atoms. The van der Waals surface area contributed by atoms with E-state index < -0.39 is 0 Å². The lowest BCUT2D eigenvalue weighted by atomic mass is 10.1. The smallest absolute Gasteiger partial charge is 0.161 e. The van der Waals surface area contributed by atoms with Crippen LogP contribution in [0.2, 0.25) is 0 Å². The molecule has 1 heterocycles. The Kier molecular flexibility index (Phi) is 7.19. The lowest BCUT2D eigenvalue weighted by molar-refractivity contribution is 0.284. The molecule has 0 radical (unpaired) electrons. The first kappa shape index (κ1) is 22.3. The van der Waals surface area contributed by atoms with E-state index in [-0.39, 0.29) is 0 Å². The number of thiazole rings is 1. The Morgan fingerprint density at radius 2 is 1.79 bits per heavy atom. The van der Waals surface area contributed by atoms with Crippen LogP contribution in [0.25, 0.3) is 22.9 Å². The van der Waals surface area contributed by atoms with Crippen molar-refractivity contribution in [2.75, 3.05) is 7.11 Å². The Labute approximate surface area is 198 Å². The van der Waals surface area contributed by atoms with Crippen molar-refractivity contribution in [2.45, 2.75) is 20.0 Å². The van der Waals surface area contributed by atoms with E-state index in [1.54, 1.807) is 7.11 Å². The molecule has 0 unspecified atom stereocenters. The van der Waals surface area contributed by atoms with Crippen LogP contribution in [0.5, 0.6) is 11.5 Å². The lowest BCUT2D eigenvalue weighted by Gasteiger charge is -2.11. The van der Waals surface area contributed by atoms with Crippen LogP contribution in [0.4, 0.5) is 0 Å². The molecule has 0 saturated carbocycles. The molecule has 0 spiro atoms. The van der Waals surface area contributed by atoms with Gasteiger partial charge in [0.25, 0.3) is 0 Å². The number of rotatable bonds is 8. The second kappa shape index (κ2) is 10.6. The number of aromatic nitrogens is 1. The standard InChI is InChI=1S/C28H24N2O2S/c1-3-20-9-12-23(13-10-20)25-19-33-28(30-25)24(17-29)15-22-11-14-26(27(16-22)31-2)32-18-21-7-5-4-6-8-21/h4-16,19H,3,18H2,1-2H3/b24-15+. The maximum atomic E-state index is 9.77. The molecule has 4 aromatic rings. The molecule has 3 aromatic carbocycles. The fourth-order valence-corrected chi connectivity index (χ4v) is 4.17. The molecule has 4 rings (SSSR count). The van der Waals surface area contributed by atoms with Crippen LogP contribution in [-0.4, -0.2) is 12.1 Å². The number of hydrogen-bond donors (Lipinski definition) is 0. The zero-order valence-electron chi connectivity index (χ0n) is 18.6. The van der Waals surface area contributed by atoms with Gasteiger partial charge in [-0.2, -0.15) is 5.26 Å². The molecule has 5 heteroatoms. The molecule has 0 aliphatic carbocycles. The van der Waals surface area contributed by atoms with E-state index >= 15 is 0 Å². The Balaban J connectivity index is 1.54. The van der Waals surface area contributed by atoms with Gasteiger partial charge in [0.2, 0.25) is 0 Å². The van der Waals surface area contributed by atoms with Crippen LogP contribution >= 0.6 is 11.3 Å². The van der Waals surface area contributed by atoms with Crippen LogP contribution in [-0.2, 0) is 13.0 Å². The van der Waals surface area contributed by atoms with E-state index in [0.717, 1.165) is 28.8 Å². The Hall–Kier alpha value is -3.88. The zero-order chi connectivity index (χ0) is 23.0. The fraction of sp³-hybridized carbons (Fsp3) is 0.143. The highest BCUT2D eigenvalue weighted by atomic mass is 32.1. The minimum absolute atomic E-state index is 0.455. The highest BCUT2D eigenvalue weighted by Gasteiger charge is 2.11. The van der Waals surface area contributed by atoms with Gasteiger partial charge in [-0.25, -0.2) is 4.98 Å². The van der Waals surface area contributed by atoms with Gasteiger partial charge in [-0.15, -0.1) is 11.3 Å². The molecule has 0 atom stereocenters. The summed E-state index contributed by atoms with van der Waals surface area (Å²) in [6.45, 7) is 2.59. The van der Waals surface area contributed by atoms with Gasteiger partial charge in [-0.1, -0.05) is 67.6 Å². The lowest BCUT2D eigenvalue weighted by Crippen LogP contribution is -1.97. The van der Waals surface area contributed by atoms with Gasteiger partial charge in [0, 0.05) is 10.9 Å². The van der Waals surface area contributed by atoms with Crippen LogP contribution in [0.15, 0.2) is 78.2 Å². The van der Waals surface area contributed by atoms with Crippen LogP contribution in [0, 0.1) is 11.3 Å². The van der Waals surface area contributed by atoms with Crippen LogP contribution in [0.3, 0.4) is 0 Å². The van der Waals surface area contributed by atoms with Crippen molar-refractivity contribution in [3.05, 3.63) is 99.9 Å². The quantitative estimate of drug-likeness (QED) is 0.269. The second-order valence-corrected chi connectivity index (χ2v) is 8.30. The van der Waals surface area contributed by atoms with Crippen molar-refractivity contribution < 1.29 is 9.47 Å². The van der Waals surface area contributed by atoms with Crippen LogP contribution in [0.1, 0.15) is 28.6 Å². The van der Waals surface area contributed by atoms with Crippen molar-refractivity contribution in [3.63, 3.8) is 0 Å². The monoisotopic (exact) mass is 452 g/mol. The van der Waals surface area contributed by atoms with Crippen molar-refractivity contribution in [1.82, 2.24) is 4.98 Å². The minimum atomic E-state index is 0.455. The molecule has 0 saturated heterocycles. The summed E-state index contributed by atoms with van der Waals surface area (Å²) in [6.07, 6.45) is 2.83. The predicted molar refractivity (Wildman–Crippen MR) is 134 cm³/mol. The first-order valence-electron chi connectivity index (χ1n) is 10.7. The molecule has 164 valence electrons. The molecule has 0 N–H and O–H groups in total. The van der Waals surface area contributed by atoms with Gasteiger partial charge in [0.05, 0.1) is 18.4 Å². The van der Waals surface area contributed by atoms with E-state index in [2.05, 4.69) is 37.3 Å². The fourth-order valence-electron chi connectivity index (χ4n) is 3.38. The summed E-state index contributed by atoms with van der Waals surface area (Å²) < 4.78 is 11.5. The SMILES string of the molecule is CCc1ccc(-c2csc(/C(C#N)=C/c3ccc(OCc4ccccc4)c(OC)c3)n2)cc1. The van der Waals surface area contributed by atoms with Gasteiger partial charge < -0.3 is 9.47 Å². The van der Waals surface area contributed by atoms with Gasteiger partial charge in [0.15, 0.2) is 11.5 Å². The third-order valence-electron chi connectivity index (χ3n) is 5.25. The number of ether oxygens (including phenoxy) is 2. The molecule has 0 aliphatic rings. The van der Waals surface area contributed by atoms with Gasteiger partial charge in [0.1, 0.15) is 17.7 Å². The number of benzene rings is 3. The van der Waals surface area contributed by atoms with Crippen molar-refractivity contribution in [1.29, 1.82) is 5.26 Å². The van der Waals surface area contributed by atoms with E-state index in [9.17, 15) is 5.26 Å². The Morgan fingerprint density at radius 3 is 2.48 bits per heavy atom. The first-order valence-corrected chi connectivity index (χ1v) is 11.6. The summed E-state index contributed by atoms with van der Waals surface area (Å²) in [6, 6.07) is 26.3. The second-order valence-electron chi connectivity index (χ2n) is 7.44. The molecule has 1 aromatic heterocycles. The Bertz CT molecular complexity index is 1290. The number of hydrogen-bond acceptors (Lipinski definition) is 5. The normalized spacial score (nSPS) is 11.1. The molecule has 0 fully saturated rings. The first-order chi connectivity index (χ1) is 16.2. The van der Waals surface area contributed by atoms with Crippen molar-refractivity contribution >= 4 is 23.0 Å². The molecule has 0 bridgehead atoms. The average Bonchev–Trinajstić information content (AvgIpc) is 3.37. The molecular formula is C28H24N2O2S. The van der Waals surface area contributed by atoms with E-state index in [4.69, 9.17) is 14.5 Å². The zero-order valence-corrected chi connectivity index (χ0v) is 19.4. The summed E-state index contributed by atoms with van der Waals surface area (Å²) in [5.74, 6) is 1.27. The maximum absolute atomic E-state index is 9.77. The number of methoxy groups -OCH3 is 1. The third kappa shape index (κ3) is 5.49. The summed E-state index contributed by atoms with van der Waals surface area (Å²) in [5, 5.41) is 12.5. The molecule has 0 amide bonds. The topological polar surface area (TPSA) is 55.1 Å². The number of allylic oxidation sites excluding steroid dienone is 1. The van der Waals surface area contributed by atoms with E-state index in [1.165, 1.54) is 16.9 Å². The maximum Gasteiger partial charge on any atom is 0.161 e. The van der Waals surface area contributed by atoms with Crippen LogP contribution < -0.4 is 9.47 Å². The summed E-state index contributed by atoms with van der Waals surface area (Å²) in [7, 11) is 1.61. The molecule has 0 aliphatic heterocycles. The van der Waals surface area contributed by atoms with Crippen molar-refractivity contribution in [2.24, 2.45) is 0 Å². The predicted octanol–water partition coefficient (Wildman–Crippen LogP) is 7.02. The Morgan fingerprint density at radius 1 is 1.00 bits per heavy atom. The third-order valence-corrected chi connectivity index (χ3v) is 6.12. The van der Waals surface area contributed by atoms with E-state index in [0.29, 0.717) is 28.7 Å². The largest absolute Gasteiger partial charge is 0.493 e. The molecule has 4 nitrogen and oxygen atoms in total. The molecular weight excluding hydrogens is 428 g/mol. The summed E-state index contributed by atoms with van der Waals surface area (Å²) >= 11 is 1.47.